The van der Waals surface area contributed by atoms with Crippen molar-refractivity contribution < 1.29 is 13.2 Å². The lowest BCUT2D eigenvalue weighted by molar-refractivity contribution is -0.122. The molecule has 2 aromatic rings. The number of likely N-dealkylation sites (N-methyl/N-ethyl adjacent to an activating group) is 1. The van der Waals surface area contributed by atoms with Crippen LogP contribution in [0, 0.1) is 6.92 Å². The standard InChI is InChI=1S/C18H27N5O4S2/c1-5-12(2)20-14(24)10-22-11-19-17-15(18(22)25)16(13(3)28-17)29(26,27)23-8-6-21(4)7-9-23/h11-12H,5-10H2,1-4H3,(H,20,24). The molecule has 1 unspecified atom stereocenters. The van der Waals surface area contributed by atoms with Gasteiger partial charge in [-0.3, -0.25) is 14.2 Å². The molecule has 1 amide bonds. The van der Waals surface area contributed by atoms with Crippen molar-refractivity contribution in [2.75, 3.05) is 33.2 Å². The van der Waals surface area contributed by atoms with Gasteiger partial charge in [0, 0.05) is 37.1 Å². The number of nitrogens with zero attached hydrogens (tertiary/aromatic N) is 4. The second kappa shape index (κ2) is 8.50. The number of thiophene rings is 1. The highest BCUT2D eigenvalue weighted by Crippen LogP contribution is 2.33. The quantitative estimate of drug-likeness (QED) is 0.705. The molecule has 0 bridgehead atoms. The van der Waals surface area contributed by atoms with Crippen LogP contribution in [0.25, 0.3) is 10.2 Å². The van der Waals surface area contributed by atoms with E-state index in [0.29, 0.717) is 35.9 Å². The first-order chi connectivity index (χ1) is 13.6. The third kappa shape index (κ3) is 4.37. The Balaban J connectivity index is 2.02. The maximum atomic E-state index is 13.3. The Hall–Kier alpha value is -1.82. The number of nitrogens with one attached hydrogen (secondary N) is 1. The molecule has 0 aliphatic carbocycles. The topological polar surface area (TPSA) is 105 Å². The summed E-state index contributed by atoms with van der Waals surface area (Å²) in [6, 6.07) is -0.00791. The molecule has 0 radical (unpaired) electrons. The number of fused-ring (bicyclic) bond motifs is 1. The van der Waals surface area contributed by atoms with Crippen LogP contribution < -0.4 is 10.9 Å². The molecule has 2 aromatic heterocycles. The first-order valence-corrected chi connectivity index (χ1v) is 11.9. The van der Waals surface area contributed by atoms with Crippen molar-refractivity contribution in [1.82, 2.24) is 24.1 Å². The van der Waals surface area contributed by atoms with Gasteiger partial charge in [-0.2, -0.15) is 4.31 Å². The van der Waals surface area contributed by atoms with Gasteiger partial charge >= 0.3 is 0 Å². The highest BCUT2D eigenvalue weighted by Gasteiger charge is 2.33. The van der Waals surface area contributed by atoms with Crippen molar-refractivity contribution in [1.29, 1.82) is 0 Å². The van der Waals surface area contributed by atoms with Crippen molar-refractivity contribution in [3.05, 3.63) is 21.6 Å². The van der Waals surface area contributed by atoms with Gasteiger partial charge < -0.3 is 10.2 Å². The Morgan fingerprint density at radius 3 is 2.59 bits per heavy atom. The summed E-state index contributed by atoms with van der Waals surface area (Å²) in [7, 11) is -1.88. The highest BCUT2D eigenvalue weighted by molar-refractivity contribution is 7.89. The molecular weight excluding hydrogens is 414 g/mol. The van der Waals surface area contributed by atoms with Crippen LogP contribution in [0.2, 0.25) is 0 Å². The number of piperazine rings is 1. The molecule has 1 saturated heterocycles. The third-order valence-corrected chi connectivity index (χ3v) is 8.41. The molecule has 3 rings (SSSR count). The van der Waals surface area contributed by atoms with Crippen molar-refractivity contribution in [3.8, 4) is 0 Å². The number of carbonyl (C=O) groups excluding carboxylic acids is 1. The highest BCUT2D eigenvalue weighted by atomic mass is 32.2. The molecule has 9 nitrogen and oxygen atoms in total. The molecule has 1 N–H and O–H groups in total. The molecule has 0 aromatic carbocycles. The lowest BCUT2D eigenvalue weighted by Gasteiger charge is -2.31. The van der Waals surface area contributed by atoms with Gasteiger partial charge in [-0.25, -0.2) is 13.4 Å². The summed E-state index contributed by atoms with van der Waals surface area (Å²) in [5.41, 5.74) is -0.508. The molecule has 1 atom stereocenters. The van der Waals surface area contributed by atoms with Gasteiger partial charge in [-0.1, -0.05) is 6.92 Å². The number of amides is 1. The number of aryl methyl sites for hydroxylation is 1. The summed E-state index contributed by atoms with van der Waals surface area (Å²) < 4.78 is 29.2. The van der Waals surface area contributed by atoms with E-state index in [1.807, 2.05) is 20.9 Å². The lowest BCUT2D eigenvalue weighted by Crippen LogP contribution is -2.47. The normalized spacial score (nSPS) is 17.5. The fraction of sp³-hybridized carbons (Fsp3) is 0.611. The maximum Gasteiger partial charge on any atom is 0.263 e. The van der Waals surface area contributed by atoms with E-state index in [0.717, 1.165) is 6.42 Å². The summed E-state index contributed by atoms with van der Waals surface area (Å²) in [6.45, 7) is 7.35. The predicted octanol–water partition coefficient (Wildman–Crippen LogP) is 0.617. The number of sulfonamides is 1. The second-order valence-corrected chi connectivity index (χ2v) is 10.5. The van der Waals surface area contributed by atoms with Gasteiger partial charge in [0.1, 0.15) is 16.3 Å². The van der Waals surface area contributed by atoms with Crippen molar-refractivity contribution in [2.24, 2.45) is 0 Å². The summed E-state index contributed by atoms with van der Waals surface area (Å²) in [5, 5.41) is 2.88. The van der Waals surface area contributed by atoms with Gasteiger partial charge in [0.15, 0.2) is 0 Å². The Kier molecular flexibility index (Phi) is 6.42. The molecule has 11 heteroatoms. The fourth-order valence-corrected chi connectivity index (χ4v) is 6.36. The van der Waals surface area contributed by atoms with Gasteiger partial charge in [0.2, 0.25) is 15.9 Å². The Morgan fingerprint density at radius 1 is 1.31 bits per heavy atom. The number of hydrogen-bond acceptors (Lipinski definition) is 7. The maximum absolute atomic E-state index is 13.3. The third-order valence-electron chi connectivity index (χ3n) is 5.19. The molecule has 1 fully saturated rings. The first kappa shape index (κ1) is 21.9. The van der Waals surface area contributed by atoms with Gasteiger partial charge in [-0.05, 0) is 27.3 Å². The Morgan fingerprint density at radius 2 is 1.97 bits per heavy atom. The van der Waals surface area contributed by atoms with E-state index >= 15 is 0 Å². The van der Waals surface area contributed by atoms with Crippen molar-refractivity contribution in [3.63, 3.8) is 0 Å². The fourth-order valence-electron chi connectivity index (χ4n) is 3.27. The SMILES string of the molecule is CCC(C)NC(=O)Cn1cnc2sc(C)c(S(=O)(=O)N3CCN(C)CC3)c2c1=O. The predicted molar refractivity (Wildman–Crippen MR) is 113 cm³/mol. The monoisotopic (exact) mass is 441 g/mol. The first-order valence-electron chi connectivity index (χ1n) is 9.61. The number of carbonyl (C=O) groups is 1. The zero-order valence-electron chi connectivity index (χ0n) is 17.1. The Labute approximate surface area is 174 Å². The average molecular weight is 442 g/mol. The molecule has 1 aliphatic rings. The summed E-state index contributed by atoms with van der Waals surface area (Å²) in [5.74, 6) is -0.307. The van der Waals surface area contributed by atoms with Gasteiger partial charge in [0.05, 0.1) is 11.7 Å². The molecule has 0 saturated carbocycles. The molecule has 0 spiro atoms. The van der Waals surface area contributed by atoms with Crippen LogP contribution >= 0.6 is 11.3 Å². The van der Waals surface area contributed by atoms with Crippen LogP contribution in [0.4, 0.5) is 0 Å². The molecule has 29 heavy (non-hydrogen) atoms. The number of rotatable bonds is 6. The van der Waals surface area contributed by atoms with E-state index in [-0.39, 0.29) is 28.8 Å². The minimum Gasteiger partial charge on any atom is -0.352 e. The van der Waals surface area contributed by atoms with E-state index < -0.39 is 15.6 Å². The number of hydrogen-bond donors (Lipinski definition) is 1. The van der Waals surface area contributed by atoms with Gasteiger partial charge in [-0.15, -0.1) is 11.3 Å². The average Bonchev–Trinajstić information content (AvgIpc) is 3.01. The van der Waals surface area contributed by atoms with E-state index in [4.69, 9.17) is 0 Å². The van der Waals surface area contributed by atoms with Crippen molar-refractivity contribution >= 4 is 37.5 Å². The number of aromatic nitrogens is 2. The van der Waals surface area contributed by atoms with E-state index in [9.17, 15) is 18.0 Å². The van der Waals surface area contributed by atoms with Crippen LogP contribution in [-0.2, 0) is 21.4 Å². The molecular formula is C18H27N5O4S2. The molecule has 160 valence electrons. The van der Waals surface area contributed by atoms with Crippen molar-refractivity contribution in [2.45, 2.75) is 44.7 Å². The van der Waals surface area contributed by atoms with Crippen LogP contribution in [0.15, 0.2) is 16.0 Å². The molecule has 1 aliphatic heterocycles. The van der Waals surface area contributed by atoms with E-state index in [2.05, 4.69) is 15.2 Å². The van der Waals surface area contributed by atoms with E-state index in [1.54, 1.807) is 6.92 Å². The largest absolute Gasteiger partial charge is 0.352 e. The van der Waals surface area contributed by atoms with Crippen LogP contribution in [0.3, 0.4) is 0 Å². The zero-order valence-corrected chi connectivity index (χ0v) is 18.8. The second-order valence-electron chi connectivity index (χ2n) is 7.43. The minimum atomic E-state index is -3.83. The smallest absolute Gasteiger partial charge is 0.263 e. The van der Waals surface area contributed by atoms with Crippen LogP contribution in [0.5, 0.6) is 0 Å². The molecule has 3 heterocycles. The lowest BCUT2D eigenvalue weighted by atomic mass is 10.2. The minimum absolute atomic E-state index is 0.00791. The van der Waals surface area contributed by atoms with E-state index in [1.165, 1.54) is 26.5 Å². The summed E-state index contributed by atoms with van der Waals surface area (Å²) >= 11 is 1.18. The Bertz CT molecular complexity index is 1070. The zero-order chi connectivity index (χ0) is 21.3. The van der Waals surface area contributed by atoms with Gasteiger partial charge in [0.25, 0.3) is 5.56 Å². The van der Waals surface area contributed by atoms with Crippen LogP contribution in [0.1, 0.15) is 25.1 Å². The summed E-state index contributed by atoms with van der Waals surface area (Å²) in [4.78, 5) is 32.6. The van der Waals surface area contributed by atoms with Crippen LogP contribution in [-0.4, -0.2) is 72.3 Å². The summed E-state index contributed by atoms with van der Waals surface area (Å²) in [6.07, 6.45) is 2.08.